The third kappa shape index (κ3) is 2.43. The molecule has 0 unspecified atom stereocenters. The minimum absolute atomic E-state index is 0.164. The van der Waals surface area contributed by atoms with E-state index in [1.54, 1.807) is 6.07 Å². The number of hydrogen-bond donors (Lipinski definition) is 2. The van der Waals surface area contributed by atoms with E-state index in [2.05, 4.69) is 0 Å². The Hall–Kier alpha value is -1.53. The number of benzene rings is 2. The average Bonchev–Trinajstić information content (AvgIpc) is 2.26. The number of hydrogen-bond acceptors (Lipinski definition) is 2. The van der Waals surface area contributed by atoms with Crippen molar-refractivity contribution < 1.29 is 23.2 Å². The van der Waals surface area contributed by atoms with Crippen molar-refractivity contribution in [2.45, 2.75) is 6.18 Å². The van der Waals surface area contributed by atoms with Crippen molar-refractivity contribution in [2.24, 2.45) is 0 Å². The predicted octanol–water partition coefficient (Wildman–Crippen LogP) is 1.54. The molecule has 2 nitrogen and oxygen atoms in total. The summed E-state index contributed by atoms with van der Waals surface area (Å²) in [6.07, 6.45) is -4.40. The van der Waals surface area contributed by atoms with E-state index in [0.29, 0.717) is 10.8 Å². The molecule has 2 aromatic rings. The van der Waals surface area contributed by atoms with Crippen molar-refractivity contribution in [3.63, 3.8) is 0 Å². The van der Waals surface area contributed by atoms with Crippen LogP contribution in [0, 0.1) is 0 Å². The molecule has 0 radical (unpaired) electrons. The second kappa shape index (κ2) is 4.05. The zero-order valence-corrected chi connectivity index (χ0v) is 8.57. The minimum Gasteiger partial charge on any atom is -0.423 e. The Bertz CT molecular complexity index is 552. The molecular formula is C11H8BF3O2. The normalized spacial score (nSPS) is 11.8. The molecule has 0 aliphatic rings. The fourth-order valence-electron chi connectivity index (χ4n) is 1.60. The van der Waals surface area contributed by atoms with Crippen molar-refractivity contribution in [3.05, 3.63) is 42.0 Å². The summed E-state index contributed by atoms with van der Waals surface area (Å²) in [5, 5.41) is 18.8. The van der Waals surface area contributed by atoms with Gasteiger partial charge in [-0.3, -0.25) is 0 Å². The van der Waals surface area contributed by atoms with Gasteiger partial charge in [0.15, 0.2) is 0 Å². The standard InChI is InChI=1S/C11H8BF3O2/c13-11(14,15)9-3-1-7-2-4-10(12(16)17)6-8(7)5-9/h1-6,16-17H. The molecule has 0 saturated carbocycles. The minimum atomic E-state index is -4.40. The molecule has 0 saturated heterocycles. The summed E-state index contributed by atoms with van der Waals surface area (Å²) in [5.74, 6) is 0. The maximum absolute atomic E-state index is 12.5. The molecule has 2 N–H and O–H groups in total. The lowest BCUT2D eigenvalue weighted by Crippen LogP contribution is -2.29. The summed E-state index contributed by atoms with van der Waals surface area (Å²) in [4.78, 5) is 0. The fourth-order valence-corrected chi connectivity index (χ4v) is 1.60. The Labute approximate surface area is 95.5 Å². The topological polar surface area (TPSA) is 40.5 Å². The van der Waals surface area contributed by atoms with Crippen LogP contribution >= 0.6 is 0 Å². The molecule has 0 fully saturated rings. The van der Waals surface area contributed by atoms with Crippen LogP contribution in [0.3, 0.4) is 0 Å². The lowest BCUT2D eigenvalue weighted by molar-refractivity contribution is -0.137. The van der Waals surface area contributed by atoms with Gasteiger partial charge in [-0.15, -0.1) is 0 Å². The summed E-state index contributed by atoms with van der Waals surface area (Å²) in [6, 6.07) is 7.67. The monoisotopic (exact) mass is 240 g/mol. The van der Waals surface area contributed by atoms with Gasteiger partial charge in [0.05, 0.1) is 5.56 Å². The van der Waals surface area contributed by atoms with Crippen molar-refractivity contribution in [3.8, 4) is 0 Å². The first-order valence-corrected chi connectivity index (χ1v) is 4.85. The molecule has 2 rings (SSSR count). The summed E-state index contributed by atoms with van der Waals surface area (Å²) >= 11 is 0. The fraction of sp³-hybridized carbons (Fsp3) is 0.0909. The number of fused-ring (bicyclic) bond motifs is 1. The van der Waals surface area contributed by atoms with E-state index in [4.69, 9.17) is 10.0 Å². The van der Waals surface area contributed by atoms with Crippen LogP contribution in [-0.4, -0.2) is 17.2 Å². The van der Waals surface area contributed by atoms with E-state index in [9.17, 15) is 13.2 Å². The molecular weight excluding hydrogens is 232 g/mol. The van der Waals surface area contributed by atoms with Gasteiger partial charge in [-0.2, -0.15) is 13.2 Å². The molecule has 17 heavy (non-hydrogen) atoms. The Morgan fingerprint density at radius 2 is 1.53 bits per heavy atom. The molecule has 2 aromatic carbocycles. The lowest BCUT2D eigenvalue weighted by atomic mass is 9.79. The maximum atomic E-state index is 12.5. The highest BCUT2D eigenvalue weighted by Crippen LogP contribution is 2.31. The highest BCUT2D eigenvalue weighted by molar-refractivity contribution is 6.58. The second-order valence-corrected chi connectivity index (χ2v) is 3.69. The van der Waals surface area contributed by atoms with Crippen LogP contribution in [0.5, 0.6) is 0 Å². The second-order valence-electron chi connectivity index (χ2n) is 3.69. The number of halogens is 3. The summed E-state index contributed by atoms with van der Waals surface area (Å²) < 4.78 is 37.4. The maximum Gasteiger partial charge on any atom is 0.488 e. The van der Waals surface area contributed by atoms with E-state index in [0.717, 1.165) is 12.1 Å². The zero-order chi connectivity index (χ0) is 12.6. The van der Waals surface area contributed by atoms with Crippen LogP contribution < -0.4 is 5.46 Å². The quantitative estimate of drug-likeness (QED) is 0.742. The highest BCUT2D eigenvalue weighted by atomic mass is 19.4. The van der Waals surface area contributed by atoms with Crippen LogP contribution in [0.1, 0.15) is 5.56 Å². The van der Waals surface area contributed by atoms with Crippen molar-refractivity contribution in [2.75, 3.05) is 0 Å². The molecule has 0 aromatic heterocycles. The zero-order valence-electron chi connectivity index (χ0n) is 8.57. The van der Waals surface area contributed by atoms with Crippen molar-refractivity contribution >= 4 is 23.4 Å². The third-order valence-corrected chi connectivity index (χ3v) is 2.49. The van der Waals surface area contributed by atoms with E-state index in [1.807, 2.05) is 0 Å². The first-order valence-electron chi connectivity index (χ1n) is 4.85. The van der Waals surface area contributed by atoms with Gasteiger partial charge in [-0.25, -0.2) is 0 Å². The first kappa shape index (κ1) is 11.9. The van der Waals surface area contributed by atoms with Gasteiger partial charge in [0.1, 0.15) is 0 Å². The van der Waals surface area contributed by atoms with E-state index in [-0.39, 0.29) is 5.46 Å². The van der Waals surface area contributed by atoms with Crippen LogP contribution in [0.15, 0.2) is 36.4 Å². The van der Waals surface area contributed by atoms with Gasteiger partial charge in [0, 0.05) is 0 Å². The van der Waals surface area contributed by atoms with Crippen molar-refractivity contribution in [1.29, 1.82) is 0 Å². The van der Waals surface area contributed by atoms with E-state index >= 15 is 0 Å². The summed E-state index contributed by atoms with van der Waals surface area (Å²) in [7, 11) is -1.69. The third-order valence-electron chi connectivity index (χ3n) is 2.49. The van der Waals surface area contributed by atoms with Crippen LogP contribution in [0.4, 0.5) is 13.2 Å². The van der Waals surface area contributed by atoms with Gasteiger partial charge in [-0.1, -0.05) is 24.3 Å². The van der Waals surface area contributed by atoms with Gasteiger partial charge < -0.3 is 10.0 Å². The van der Waals surface area contributed by atoms with Crippen molar-refractivity contribution in [1.82, 2.24) is 0 Å². The molecule has 88 valence electrons. The molecule has 0 atom stereocenters. The van der Waals surface area contributed by atoms with Gasteiger partial charge >= 0.3 is 13.3 Å². The predicted molar refractivity (Wildman–Crippen MR) is 58.8 cm³/mol. The Morgan fingerprint density at radius 1 is 0.882 bits per heavy atom. The van der Waals surface area contributed by atoms with Crippen LogP contribution in [0.25, 0.3) is 10.8 Å². The van der Waals surface area contributed by atoms with E-state index < -0.39 is 18.9 Å². The SMILES string of the molecule is OB(O)c1ccc2ccc(C(F)(F)F)cc2c1. The molecule has 6 heteroatoms. The van der Waals surface area contributed by atoms with E-state index in [1.165, 1.54) is 18.2 Å². The van der Waals surface area contributed by atoms with Crippen LogP contribution in [-0.2, 0) is 6.18 Å². The largest absolute Gasteiger partial charge is 0.488 e. The number of alkyl halides is 3. The molecule has 0 aliphatic carbocycles. The Morgan fingerprint density at radius 3 is 2.12 bits per heavy atom. The highest BCUT2D eigenvalue weighted by Gasteiger charge is 2.30. The molecule has 0 aliphatic heterocycles. The van der Waals surface area contributed by atoms with Gasteiger partial charge in [0.2, 0.25) is 0 Å². The number of rotatable bonds is 1. The molecule has 0 amide bonds. The first-order chi connectivity index (χ1) is 7.88. The molecule has 0 spiro atoms. The average molecular weight is 240 g/mol. The molecule has 0 heterocycles. The van der Waals surface area contributed by atoms with Gasteiger partial charge in [0.25, 0.3) is 0 Å². The Kier molecular flexibility index (Phi) is 2.85. The van der Waals surface area contributed by atoms with Crippen LogP contribution in [0.2, 0.25) is 0 Å². The Balaban J connectivity index is 2.59. The smallest absolute Gasteiger partial charge is 0.423 e. The molecule has 0 bridgehead atoms. The summed E-state index contributed by atoms with van der Waals surface area (Å²) in [5.41, 5.74) is -0.591. The van der Waals surface area contributed by atoms with Gasteiger partial charge in [-0.05, 0) is 28.4 Å². The lowest BCUT2D eigenvalue weighted by Gasteiger charge is -2.08. The summed E-state index contributed by atoms with van der Waals surface area (Å²) in [6.45, 7) is 0.